The summed E-state index contributed by atoms with van der Waals surface area (Å²) in [6.45, 7) is 5.40. The topological polar surface area (TPSA) is 35.5 Å². The summed E-state index contributed by atoms with van der Waals surface area (Å²) in [6.07, 6.45) is -0.281. The molecule has 0 aliphatic carbocycles. The summed E-state index contributed by atoms with van der Waals surface area (Å²) in [5, 5.41) is 12.8. The van der Waals surface area contributed by atoms with Crippen molar-refractivity contribution in [1.29, 1.82) is 0 Å². The number of fused-ring (bicyclic) bond motifs is 1. The van der Waals surface area contributed by atoms with Gasteiger partial charge in [0.2, 0.25) is 0 Å². The molecule has 0 spiro atoms. The third-order valence-electron chi connectivity index (χ3n) is 2.69. The lowest BCUT2D eigenvalue weighted by Gasteiger charge is -2.25. The van der Waals surface area contributed by atoms with Crippen molar-refractivity contribution < 1.29 is 5.11 Å². The minimum Gasteiger partial charge on any atom is -0.392 e. The van der Waals surface area contributed by atoms with Crippen LogP contribution in [0.5, 0.6) is 0 Å². The maximum absolute atomic E-state index is 9.46. The number of β-amino-alcohol motifs (C(OH)–C–C–N with tert-alkyl or cyclic N) is 1. The van der Waals surface area contributed by atoms with Crippen LogP contribution in [0.25, 0.3) is 0 Å². The van der Waals surface area contributed by atoms with Gasteiger partial charge in [-0.1, -0.05) is 18.2 Å². The van der Waals surface area contributed by atoms with E-state index >= 15 is 0 Å². The lowest BCUT2D eigenvalue weighted by molar-refractivity contribution is 0.200. The van der Waals surface area contributed by atoms with Gasteiger partial charge in [-0.05, 0) is 18.6 Å². The van der Waals surface area contributed by atoms with Gasteiger partial charge in [-0.25, -0.2) is 0 Å². The maximum atomic E-state index is 9.46. The summed E-state index contributed by atoms with van der Waals surface area (Å²) in [5.74, 6) is 0. The first-order valence-electron chi connectivity index (χ1n) is 5.49. The molecule has 3 heteroatoms. The molecule has 1 aliphatic rings. The van der Waals surface area contributed by atoms with Crippen molar-refractivity contribution in [1.82, 2.24) is 5.32 Å². The molecule has 0 saturated carbocycles. The molecule has 3 nitrogen and oxygen atoms in total. The molecule has 0 fully saturated rings. The lowest BCUT2D eigenvalue weighted by atomic mass is 10.1. The molecular weight excluding hydrogens is 188 g/mol. The Morgan fingerprint density at radius 2 is 2.27 bits per heavy atom. The first-order chi connectivity index (χ1) is 7.27. The first-order valence-corrected chi connectivity index (χ1v) is 5.49. The number of hydrogen-bond donors (Lipinski definition) is 2. The molecule has 15 heavy (non-hydrogen) atoms. The average Bonchev–Trinajstić information content (AvgIpc) is 2.41. The van der Waals surface area contributed by atoms with E-state index in [0.29, 0.717) is 6.54 Å². The SMILES string of the molecule is C[C@@H](O)CN1CCNCc2ccccc21. The molecule has 1 aliphatic heterocycles. The molecule has 1 atom stereocenters. The summed E-state index contributed by atoms with van der Waals surface area (Å²) in [7, 11) is 0. The van der Waals surface area contributed by atoms with Crippen molar-refractivity contribution in [3.63, 3.8) is 0 Å². The molecule has 2 N–H and O–H groups in total. The standard InChI is InChI=1S/C12H18N2O/c1-10(15)9-14-7-6-13-8-11-4-2-3-5-12(11)14/h2-5,10,13,15H,6-9H2,1H3/t10-/m1/s1. The highest BCUT2D eigenvalue weighted by atomic mass is 16.3. The van der Waals surface area contributed by atoms with Crippen LogP contribution in [0.3, 0.4) is 0 Å². The second-order valence-electron chi connectivity index (χ2n) is 4.10. The van der Waals surface area contributed by atoms with Crippen LogP contribution in [-0.2, 0) is 6.54 Å². The second kappa shape index (κ2) is 4.64. The van der Waals surface area contributed by atoms with E-state index in [0.717, 1.165) is 19.6 Å². The van der Waals surface area contributed by atoms with Crippen LogP contribution in [0, 0.1) is 0 Å². The Balaban J connectivity index is 2.24. The third kappa shape index (κ3) is 2.49. The molecule has 2 rings (SSSR count). The van der Waals surface area contributed by atoms with E-state index in [1.807, 2.05) is 6.92 Å². The molecular formula is C12H18N2O. The predicted octanol–water partition coefficient (Wildman–Crippen LogP) is 0.977. The van der Waals surface area contributed by atoms with Gasteiger partial charge in [0.25, 0.3) is 0 Å². The van der Waals surface area contributed by atoms with Gasteiger partial charge in [0.15, 0.2) is 0 Å². The van der Waals surface area contributed by atoms with Crippen LogP contribution in [0.1, 0.15) is 12.5 Å². The van der Waals surface area contributed by atoms with E-state index in [1.54, 1.807) is 0 Å². The Labute approximate surface area is 90.7 Å². The fourth-order valence-electron chi connectivity index (χ4n) is 2.03. The van der Waals surface area contributed by atoms with Gasteiger partial charge in [-0.2, -0.15) is 0 Å². The quantitative estimate of drug-likeness (QED) is 0.757. The van der Waals surface area contributed by atoms with Gasteiger partial charge in [0, 0.05) is 31.9 Å². The maximum Gasteiger partial charge on any atom is 0.0687 e. The molecule has 0 bridgehead atoms. The van der Waals surface area contributed by atoms with Gasteiger partial charge in [-0.3, -0.25) is 0 Å². The highest BCUT2D eigenvalue weighted by molar-refractivity contribution is 5.54. The van der Waals surface area contributed by atoms with Gasteiger partial charge in [0.1, 0.15) is 0 Å². The van der Waals surface area contributed by atoms with Crippen LogP contribution >= 0.6 is 0 Å². The normalized spacial score (nSPS) is 18.1. The van der Waals surface area contributed by atoms with E-state index in [2.05, 4.69) is 34.5 Å². The van der Waals surface area contributed by atoms with Crippen molar-refractivity contribution in [3.05, 3.63) is 29.8 Å². The van der Waals surface area contributed by atoms with E-state index in [-0.39, 0.29) is 6.10 Å². The molecule has 0 saturated heterocycles. The summed E-state index contributed by atoms with van der Waals surface area (Å²) >= 11 is 0. The number of hydrogen-bond acceptors (Lipinski definition) is 3. The summed E-state index contributed by atoms with van der Waals surface area (Å²) in [4.78, 5) is 2.25. The Hall–Kier alpha value is -1.06. The lowest BCUT2D eigenvalue weighted by Crippen LogP contribution is -2.34. The number of nitrogens with zero attached hydrogens (tertiary/aromatic N) is 1. The summed E-state index contributed by atoms with van der Waals surface area (Å²) in [6, 6.07) is 8.39. The largest absolute Gasteiger partial charge is 0.392 e. The van der Waals surface area contributed by atoms with E-state index < -0.39 is 0 Å². The predicted molar refractivity (Wildman–Crippen MR) is 62.0 cm³/mol. The molecule has 1 aromatic rings. The fourth-order valence-corrected chi connectivity index (χ4v) is 2.03. The van der Waals surface area contributed by atoms with Crippen molar-refractivity contribution in [2.24, 2.45) is 0 Å². The summed E-state index contributed by atoms with van der Waals surface area (Å²) in [5.41, 5.74) is 2.57. The minimum atomic E-state index is -0.281. The molecule has 0 unspecified atom stereocenters. The number of benzene rings is 1. The smallest absolute Gasteiger partial charge is 0.0687 e. The van der Waals surface area contributed by atoms with Crippen LogP contribution in [0.2, 0.25) is 0 Å². The van der Waals surface area contributed by atoms with Crippen LogP contribution in [-0.4, -0.2) is 30.8 Å². The zero-order valence-corrected chi connectivity index (χ0v) is 9.11. The second-order valence-corrected chi connectivity index (χ2v) is 4.10. The minimum absolute atomic E-state index is 0.281. The monoisotopic (exact) mass is 206 g/mol. The number of rotatable bonds is 2. The third-order valence-corrected chi connectivity index (χ3v) is 2.69. The number of aliphatic hydroxyl groups is 1. The number of nitrogens with one attached hydrogen (secondary N) is 1. The average molecular weight is 206 g/mol. The zero-order chi connectivity index (χ0) is 10.7. The number of anilines is 1. The Kier molecular flexibility index (Phi) is 3.23. The molecule has 0 radical (unpaired) electrons. The van der Waals surface area contributed by atoms with E-state index in [4.69, 9.17) is 0 Å². The van der Waals surface area contributed by atoms with E-state index in [9.17, 15) is 5.11 Å². The number of aliphatic hydroxyl groups excluding tert-OH is 1. The Bertz CT molecular complexity index is 325. The summed E-state index contributed by atoms with van der Waals surface area (Å²) < 4.78 is 0. The molecule has 1 heterocycles. The van der Waals surface area contributed by atoms with Crippen molar-refractivity contribution >= 4 is 5.69 Å². The highest BCUT2D eigenvalue weighted by Crippen LogP contribution is 2.21. The van der Waals surface area contributed by atoms with Crippen molar-refractivity contribution in [2.75, 3.05) is 24.5 Å². The molecule has 0 aromatic heterocycles. The Morgan fingerprint density at radius 3 is 3.07 bits per heavy atom. The zero-order valence-electron chi connectivity index (χ0n) is 9.11. The van der Waals surface area contributed by atoms with Crippen LogP contribution in [0.15, 0.2) is 24.3 Å². The first kappa shape index (κ1) is 10.5. The van der Waals surface area contributed by atoms with Gasteiger partial charge >= 0.3 is 0 Å². The highest BCUT2D eigenvalue weighted by Gasteiger charge is 2.15. The van der Waals surface area contributed by atoms with Gasteiger partial charge < -0.3 is 15.3 Å². The van der Waals surface area contributed by atoms with Crippen molar-refractivity contribution in [2.45, 2.75) is 19.6 Å². The molecule has 0 amide bonds. The fraction of sp³-hybridized carbons (Fsp3) is 0.500. The van der Waals surface area contributed by atoms with Gasteiger partial charge in [0.05, 0.1) is 6.10 Å². The number of para-hydroxylation sites is 1. The van der Waals surface area contributed by atoms with E-state index in [1.165, 1.54) is 11.3 Å². The van der Waals surface area contributed by atoms with Crippen LogP contribution < -0.4 is 10.2 Å². The Morgan fingerprint density at radius 1 is 1.47 bits per heavy atom. The molecule has 1 aromatic carbocycles. The van der Waals surface area contributed by atoms with Crippen molar-refractivity contribution in [3.8, 4) is 0 Å². The van der Waals surface area contributed by atoms with Gasteiger partial charge in [-0.15, -0.1) is 0 Å². The van der Waals surface area contributed by atoms with Crippen LogP contribution in [0.4, 0.5) is 5.69 Å². The molecule has 82 valence electrons.